The van der Waals surface area contributed by atoms with Crippen LogP contribution in [0, 0.1) is 23.7 Å². The zero-order valence-electron chi connectivity index (χ0n) is 22.7. The maximum Gasteiger partial charge on any atom is 0.314 e. The Bertz CT molecular complexity index is 1180. The van der Waals surface area contributed by atoms with Crippen molar-refractivity contribution in [3.63, 3.8) is 0 Å². The Balaban J connectivity index is 1.09. The Labute approximate surface area is 247 Å². The van der Waals surface area contributed by atoms with E-state index in [0.717, 1.165) is 64.2 Å². The van der Waals surface area contributed by atoms with E-state index in [2.05, 4.69) is 48.5 Å². The second-order valence-corrected chi connectivity index (χ2v) is 12.1. The normalized spacial score (nSPS) is 22.9. The van der Waals surface area contributed by atoms with Crippen molar-refractivity contribution in [2.75, 3.05) is 0 Å². The minimum Gasteiger partial charge on any atom is -0.425 e. The SMILES string of the molecule is O=C(Oc1ccc(OC(=O)[C@H]2CC[C@H](Cc3ccccc3)CC2)c(Cl)c1Cl)[C@H]1CC[C@H](Cc2ccccc2)CC1. The molecule has 0 atom stereocenters. The quantitative estimate of drug-likeness (QED) is 0.198. The molecule has 0 unspecified atom stereocenters. The van der Waals surface area contributed by atoms with Gasteiger partial charge in [0.2, 0.25) is 0 Å². The molecule has 3 aromatic rings. The van der Waals surface area contributed by atoms with Gasteiger partial charge in [-0.1, -0.05) is 83.9 Å². The number of halogens is 2. The van der Waals surface area contributed by atoms with E-state index >= 15 is 0 Å². The highest BCUT2D eigenvalue weighted by Crippen LogP contribution is 2.41. The summed E-state index contributed by atoms with van der Waals surface area (Å²) in [6.07, 6.45) is 9.24. The lowest BCUT2D eigenvalue weighted by Crippen LogP contribution is -2.27. The molecule has 3 aromatic carbocycles. The van der Waals surface area contributed by atoms with Gasteiger partial charge in [-0.2, -0.15) is 0 Å². The van der Waals surface area contributed by atoms with E-state index in [4.69, 9.17) is 32.7 Å². The number of hydrogen-bond acceptors (Lipinski definition) is 4. The molecule has 40 heavy (non-hydrogen) atoms. The van der Waals surface area contributed by atoms with Crippen LogP contribution < -0.4 is 9.47 Å². The summed E-state index contributed by atoms with van der Waals surface area (Å²) < 4.78 is 11.3. The van der Waals surface area contributed by atoms with Gasteiger partial charge in [-0.15, -0.1) is 0 Å². The number of carbonyl (C=O) groups is 2. The lowest BCUT2D eigenvalue weighted by Gasteiger charge is -2.27. The lowest BCUT2D eigenvalue weighted by molar-refractivity contribution is -0.141. The van der Waals surface area contributed by atoms with Gasteiger partial charge < -0.3 is 9.47 Å². The molecule has 2 fully saturated rings. The molecule has 0 aliphatic heterocycles. The third kappa shape index (κ3) is 7.47. The van der Waals surface area contributed by atoms with E-state index in [9.17, 15) is 9.59 Å². The van der Waals surface area contributed by atoms with Crippen molar-refractivity contribution in [1.29, 1.82) is 0 Å². The van der Waals surface area contributed by atoms with Gasteiger partial charge in [0.05, 0.1) is 11.8 Å². The van der Waals surface area contributed by atoms with Crippen molar-refractivity contribution in [2.24, 2.45) is 23.7 Å². The van der Waals surface area contributed by atoms with Crippen LogP contribution >= 0.6 is 23.2 Å². The van der Waals surface area contributed by atoms with Crippen LogP contribution in [-0.4, -0.2) is 11.9 Å². The van der Waals surface area contributed by atoms with E-state index < -0.39 is 0 Å². The van der Waals surface area contributed by atoms with Gasteiger partial charge in [0.25, 0.3) is 0 Å². The predicted molar refractivity (Wildman–Crippen MR) is 159 cm³/mol. The van der Waals surface area contributed by atoms with Crippen molar-refractivity contribution in [3.8, 4) is 11.5 Å². The molecule has 0 radical (unpaired) electrons. The predicted octanol–water partition coefficient (Wildman–Crippen LogP) is 8.90. The van der Waals surface area contributed by atoms with Crippen molar-refractivity contribution in [2.45, 2.75) is 64.2 Å². The molecular formula is C34H36Cl2O4. The van der Waals surface area contributed by atoms with E-state index in [0.29, 0.717) is 11.8 Å². The summed E-state index contributed by atoms with van der Waals surface area (Å²) in [6, 6.07) is 24.1. The molecule has 210 valence electrons. The van der Waals surface area contributed by atoms with Crippen LogP contribution in [0.25, 0.3) is 0 Å². The van der Waals surface area contributed by atoms with Gasteiger partial charge in [-0.3, -0.25) is 9.59 Å². The summed E-state index contributed by atoms with van der Waals surface area (Å²) in [5.41, 5.74) is 2.68. The Kier molecular flexibility index (Phi) is 9.83. The van der Waals surface area contributed by atoms with Crippen molar-refractivity contribution < 1.29 is 19.1 Å². The first-order valence-electron chi connectivity index (χ1n) is 14.5. The molecule has 2 saturated carbocycles. The minimum atomic E-state index is -0.284. The zero-order chi connectivity index (χ0) is 27.9. The monoisotopic (exact) mass is 578 g/mol. The highest BCUT2D eigenvalue weighted by atomic mass is 35.5. The van der Waals surface area contributed by atoms with Crippen LogP contribution in [0.3, 0.4) is 0 Å². The largest absolute Gasteiger partial charge is 0.425 e. The van der Waals surface area contributed by atoms with E-state index in [-0.39, 0.29) is 45.3 Å². The number of benzene rings is 3. The topological polar surface area (TPSA) is 52.6 Å². The first-order valence-corrected chi connectivity index (χ1v) is 15.2. The summed E-state index contributed by atoms with van der Waals surface area (Å²) >= 11 is 12.9. The summed E-state index contributed by atoms with van der Waals surface area (Å²) in [7, 11) is 0. The van der Waals surface area contributed by atoms with Crippen LogP contribution in [0.4, 0.5) is 0 Å². The molecule has 2 aliphatic carbocycles. The molecule has 0 spiro atoms. The molecule has 0 amide bonds. The van der Waals surface area contributed by atoms with Crippen molar-refractivity contribution in [1.82, 2.24) is 0 Å². The highest BCUT2D eigenvalue weighted by molar-refractivity contribution is 6.44. The molecular weight excluding hydrogens is 543 g/mol. The average molecular weight is 580 g/mol. The van der Waals surface area contributed by atoms with Crippen molar-refractivity contribution >= 4 is 35.1 Å². The maximum absolute atomic E-state index is 12.9. The van der Waals surface area contributed by atoms with Crippen LogP contribution in [0.2, 0.25) is 10.0 Å². The number of rotatable bonds is 8. The van der Waals surface area contributed by atoms with Gasteiger partial charge in [0.1, 0.15) is 10.0 Å². The minimum absolute atomic E-state index is 0.0876. The van der Waals surface area contributed by atoms with Gasteiger partial charge in [-0.05, 0) is 99.3 Å². The number of ether oxygens (including phenoxy) is 2. The fraction of sp³-hybridized carbons (Fsp3) is 0.412. The van der Waals surface area contributed by atoms with Crippen LogP contribution in [0.5, 0.6) is 11.5 Å². The fourth-order valence-corrected chi connectivity index (χ4v) is 6.54. The fourth-order valence-electron chi connectivity index (χ4n) is 6.15. The molecule has 0 heterocycles. The standard InChI is InChI=1S/C34H36Cl2O4/c35-31-29(39-33(37)27-15-11-25(12-16-27)21-23-7-3-1-4-8-23)19-20-30(32(31)36)40-34(38)28-17-13-26(14-18-28)22-24-9-5-2-6-10-24/h1-10,19-20,25-28H,11-18,21-22H2/t25-,26-,27-,28-. The molecule has 2 aliphatic rings. The number of hydrogen-bond donors (Lipinski definition) is 0. The van der Waals surface area contributed by atoms with Crippen molar-refractivity contribution in [3.05, 3.63) is 94.0 Å². The van der Waals surface area contributed by atoms with Crippen LogP contribution in [0.15, 0.2) is 72.8 Å². The molecule has 5 rings (SSSR count). The van der Waals surface area contributed by atoms with Gasteiger partial charge in [0.15, 0.2) is 11.5 Å². The Morgan fingerprint density at radius 1 is 0.550 bits per heavy atom. The molecule has 0 N–H and O–H groups in total. The highest BCUT2D eigenvalue weighted by Gasteiger charge is 2.30. The third-order valence-corrected chi connectivity index (χ3v) is 9.37. The lowest BCUT2D eigenvalue weighted by atomic mass is 9.79. The Morgan fingerprint density at radius 3 is 1.25 bits per heavy atom. The Morgan fingerprint density at radius 2 is 0.900 bits per heavy atom. The molecule has 0 aromatic heterocycles. The number of carbonyl (C=O) groups excluding carboxylic acids is 2. The third-order valence-electron chi connectivity index (χ3n) is 8.53. The molecule has 6 heteroatoms. The maximum atomic E-state index is 12.9. The zero-order valence-corrected chi connectivity index (χ0v) is 24.2. The van der Waals surface area contributed by atoms with E-state index in [1.54, 1.807) is 12.1 Å². The van der Waals surface area contributed by atoms with Gasteiger partial charge >= 0.3 is 11.9 Å². The van der Waals surface area contributed by atoms with E-state index in [1.165, 1.54) is 11.1 Å². The number of esters is 2. The summed E-state index contributed by atoms with van der Waals surface area (Å²) in [5, 5.41) is 0.175. The molecule has 0 bridgehead atoms. The summed E-state index contributed by atoms with van der Waals surface area (Å²) in [6.45, 7) is 0. The summed E-state index contributed by atoms with van der Waals surface area (Å²) in [4.78, 5) is 25.8. The first-order chi connectivity index (χ1) is 19.5. The second kappa shape index (κ2) is 13.7. The van der Waals surface area contributed by atoms with Gasteiger partial charge in [0, 0.05) is 0 Å². The second-order valence-electron chi connectivity index (χ2n) is 11.3. The van der Waals surface area contributed by atoms with Crippen LogP contribution in [-0.2, 0) is 22.4 Å². The van der Waals surface area contributed by atoms with Crippen LogP contribution in [0.1, 0.15) is 62.5 Å². The molecule has 4 nitrogen and oxygen atoms in total. The first kappa shape index (κ1) is 28.7. The Hall–Kier alpha value is -2.82. The smallest absolute Gasteiger partial charge is 0.314 e. The average Bonchev–Trinajstić information content (AvgIpc) is 2.98. The summed E-state index contributed by atoms with van der Waals surface area (Å²) in [5.74, 6) is 0.678. The molecule has 0 saturated heterocycles. The van der Waals surface area contributed by atoms with E-state index in [1.807, 2.05) is 12.1 Å². The van der Waals surface area contributed by atoms with Gasteiger partial charge in [-0.25, -0.2) is 0 Å².